The van der Waals surface area contributed by atoms with Gasteiger partial charge in [0.2, 0.25) is 5.91 Å². The number of hydrogen-bond acceptors (Lipinski definition) is 3. The molecule has 0 spiro atoms. The van der Waals surface area contributed by atoms with Crippen LogP contribution in [0.4, 0.5) is 4.39 Å². The third-order valence-corrected chi connectivity index (χ3v) is 5.52. The van der Waals surface area contributed by atoms with Crippen molar-refractivity contribution in [1.82, 2.24) is 10.2 Å². The number of hydrogen-bond donors (Lipinski definition) is 1. The number of likely N-dealkylation sites (tertiary alicyclic amines) is 1. The van der Waals surface area contributed by atoms with Crippen LogP contribution in [0.25, 0.3) is 0 Å². The fourth-order valence-corrected chi connectivity index (χ4v) is 4.00. The molecule has 0 bridgehead atoms. The van der Waals surface area contributed by atoms with E-state index in [0.717, 1.165) is 12.1 Å². The first kappa shape index (κ1) is 18.9. The molecule has 2 aromatic rings. The summed E-state index contributed by atoms with van der Waals surface area (Å²) < 4.78 is 13.5. The number of nitrogens with zero attached hydrogens (tertiary/aromatic N) is 1. The van der Waals surface area contributed by atoms with Crippen molar-refractivity contribution in [2.45, 2.75) is 31.7 Å². The zero-order valence-electron chi connectivity index (χ0n) is 14.9. The minimum absolute atomic E-state index is 0.0173. The molecule has 1 aliphatic rings. The Morgan fingerprint density at radius 3 is 2.65 bits per heavy atom. The highest BCUT2D eigenvalue weighted by atomic mass is 32.2. The Morgan fingerprint density at radius 1 is 1.08 bits per heavy atom. The van der Waals surface area contributed by atoms with Crippen LogP contribution in [0.3, 0.4) is 0 Å². The summed E-state index contributed by atoms with van der Waals surface area (Å²) in [5, 5.41) is 2.95. The Kier molecular flexibility index (Phi) is 7.09. The fraction of sp³-hybridized carbons (Fsp3) is 0.381. The number of carbonyl (C=O) groups is 1. The summed E-state index contributed by atoms with van der Waals surface area (Å²) in [6, 6.07) is 15.1. The van der Waals surface area contributed by atoms with Crippen LogP contribution in [0.2, 0.25) is 0 Å². The Morgan fingerprint density at radius 2 is 1.85 bits per heavy atom. The SMILES string of the molecule is O=C(CSCc1ccccc1F)NCc1cccc(CN2CCCC2)c1. The normalized spacial score (nSPS) is 14.5. The fourth-order valence-electron chi connectivity index (χ4n) is 3.16. The molecule has 1 heterocycles. The standard InChI is InChI=1S/C21H25FN2OS/c22-20-9-2-1-8-19(20)15-26-16-21(25)23-13-17-6-5-7-18(12-17)14-24-10-3-4-11-24/h1-2,5-9,12H,3-4,10-11,13-16H2,(H,23,25). The Hall–Kier alpha value is -1.85. The molecule has 3 rings (SSSR count). The molecule has 0 aliphatic carbocycles. The van der Waals surface area contributed by atoms with Gasteiger partial charge in [0.1, 0.15) is 5.82 Å². The van der Waals surface area contributed by atoms with Crippen LogP contribution >= 0.6 is 11.8 Å². The lowest BCUT2D eigenvalue weighted by Gasteiger charge is -2.15. The molecule has 0 saturated carbocycles. The zero-order chi connectivity index (χ0) is 18.2. The summed E-state index contributed by atoms with van der Waals surface area (Å²) in [6.45, 7) is 3.88. The maximum atomic E-state index is 13.5. The van der Waals surface area contributed by atoms with Gasteiger partial charge in [0, 0.05) is 18.8 Å². The number of carbonyl (C=O) groups excluding carboxylic acids is 1. The zero-order valence-corrected chi connectivity index (χ0v) is 15.7. The molecule has 1 N–H and O–H groups in total. The molecule has 5 heteroatoms. The number of thioether (sulfide) groups is 1. The summed E-state index contributed by atoms with van der Waals surface area (Å²) in [5.74, 6) is 0.610. The molecule has 2 aromatic carbocycles. The average Bonchev–Trinajstić information content (AvgIpc) is 3.15. The monoisotopic (exact) mass is 372 g/mol. The van der Waals surface area contributed by atoms with Gasteiger partial charge in [-0.05, 0) is 48.7 Å². The van der Waals surface area contributed by atoms with E-state index < -0.39 is 0 Å². The first-order valence-corrected chi connectivity index (χ1v) is 10.2. The number of amides is 1. The van der Waals surface area contributed by atoms with Crippen LogP contribution in [0.1, 0.15) is 29.5 Å². The lowest BCUT2D eigenvalue weighted by atomic mass is 10.1. The first-order valence-electron chi connectivity index (χ1n) is 9.09. The summed E-state index contributed by atoms with van der Waals surface area (Å²) in [6.07, 6.45) is 2.58. The van der Waals surface area contributed by atoms with E-state index in [4.69, 9.17) is 0 Å². The highest BCUT2D eigenvalue weighted by molar-refractivity contribution is 7.99. The molecule has 138 valence electrons. The highest BCUT2D eigenvalue weighted by Gasteiger charge is 2.12. The van der Waals surface area contributed by atoms with Gasteiger partial charge in [-0.1, -0.05) is 42.5 Å². The second-order valence-electron chi connectivity index (χ2n) is 6.66. The highest BCUT2D eigenvalue weighted by Crippen LogP contribution is 2.16. The lowest BCUT2D eigenvalue weighted by molar-refractivity contribution is -0.118. The van der Waals surface area contributed by atoms with Gasteiger partial charge in [0.25, 0.3) is 0 Å². The van der Waals surface area contributed by atoms with Crippen molar-refractivity contribution in [3.63, 3.8) is 0 Å². The number of halogens is 1. The molecule has 26 heavy (non-hydrogen) atoms. The summed E-state index contributed by atoms with van der Waals surface area (Å²) >= 11 is 1.43. The molecule has 1 saturated heterocycles. The van der Waals surface area contributed by atoms with E-state index in [2.05, 4.69) is 28.4 Å². The van der Waals surface area contributed by atoms with Crippen LogP contribution in [0.5, 0.6) is 0 Å². The summed E-state index contributed by atoms with van der Waals surface area (Å²) in [7, 11) is 0. The van der Waals surface area contributed by atoms with E-state index in [9.17, 15) is 9.18 Å². The minimum Gasteiger partial charge on any atom is -0.351 e. The Labute approximate surface area is 159 Å². The molecule has 0 unspecified atom stereocenters. The van der Waals surface area contributed by atoms with Gasteiger partial charge in [0.05, 0.1) is 5.75 Å². The van der Waals surface area contributed by atoms with Crippen LogP contribution in [-0.4, -0.2) is 29.6 Å². The molecular weight excluding hydrogens is 347 g/mol. The van der Waals surface area contributed by atoms with Crippen molar-refractivity contribution in [1.29, 1.82) is 0 Å². The van der Waals surface area contributed by atoms with E-state index in [-0.39, 0.29) is 11.7 Å². The third kappa shape index (κ3) is 5.85. The van der Waals surface area contributed by atoms with Gasteiger partial charge in [-0.2, -0.15) is 0 Å². The van der Waals surface area contributed by atoms with Crippen molar-refractivity contribution < 1.29 is 9.18 Å². The maximum absolute atomic E-state index is 13.5. The predicted octanol–water partition coefficient (Wildman–Crippen LogP) is 3.97. The molecule has 3 nitrogen and oxygen atoms in total. The van der Waals surface area contributed by atoms with Gasteiger partial charge in [-0.15, -0.1) is 11.8 Å². The van der Waals surface area contributed by atoms with Gasteiger partial charge < -0.3 is 5.32 Å². The summed E-state index contributed by atoms with van der Waals surface area (Å²) in [4.78, 5) is 14.5. The quantitative estimate of drug-likeness (QED) is 0.761. The van der Waals surface area contributed by atoms with E-state index in [0.29, 0.717) is 23.6 Å². The predicted molar refractivity (Wildman–Crippen MR) is 105 cm³/mol. The number of nitrogens with one attached hydrogen (secondary N) is 1. The van der Waals surface area contributed by atoms with Crippen molar-refractivity contribution in [2.24, 2.45) is 0 Å². The van der Waals surface area contributed by atoms with Crippen molar-refractivity contribution in [2.75, 3.05) is 18.8 Å². The molecular formula is C21H25FN2OS. The second kappa shape index (κ2) is 9.74. The van der Waals surface area contributed by atoms with Gasteiger partial charge in [-0.25, -0.2) is 4.39 Å². The molecule has 1 aliphatic heterocycles. The van der Waals surface area contributed by atoms with E-state index in [1.54, 1.807) is 12.1 Å². The smallest absolute Gasteiger partial charge is 0.230 e. The first-order chi connectivity index (χ1) is 12.7. The minimum atomic E-state index is -0.213. The Bertz CT molecular complexity index is 731. The van der Waals surface area contributed by atoms with E-state index in [1.165, 1.54) is 49.3 Å². The average molecular weight is 373 g/mol. The van der Waals surface area contributed by atoms with Crippen molar-refractivity contribution in [3.8, 4) is 0 Å². The maximum Gasteiger partial charge on any atom is 0.230 e. The molecule has 1 fully saturated rings. The Balaban J connectivity index is 1.40. The third-order valence-electron chi connectivity index (χ3n) is 4.53. The van der Waals surface area contributed by atoms with Gasteiger partial charge in [-0.3, -0.25) is 9.69 Å². The van der Waals surface area contributed by atoms with Gasteiger partial charge in [0.15, 0.2) is 0 Å². The van der Waals surface area contributed by atoms with Crippen LogP contribution in [-0.2, 0) is 23.6 Å². The second-order valence-corrected chi connectivity index (χ2v) is 7.65. The van der Waals surface area contributed by atoms with Gasteiger partial charge >= 0.3 is 0 Å². The number of rotatable bonds is 8. The van der Waals surface area contributed by atoms with E-state index in [1.807, 2.05) is 12.1 Å². The molecule has 0 atom stereocenters. The molecule has 0 aromatic heterocycles. The largest absolute Gasteiger partial charge is 0.351 e. The molecule has 0 radical (unpaired) electrons. The van der Waals surface area contributed by atoms with Crippen LogP contribution < -0.4 is 5.32 Å². The van der Waals surface area contributed by atoms with E-state index >= 15 is 0 Å². The number of benzene rings is 2. The lowest BCUT2D eigenvalue weighted by Crippen LogP contribution is -2.25. The van der Waals surface area contributed by atoms with Crippen LogP contribution in [0, 0.1) is 5.82 Å². The summed E-state index contributed by atoms with van der Waals surface area (Å²) in [5.41, 5.74) is 3.06. The van der Waals surface area contributed by atoms with Crippen molar-refractivity contribution >= 4 is 17.7 Å². The van der Waals surface area contributed by atoms with Crippen LogP contribution in [0.15, 0.2) is 48.5 Å². The van der Waals surface area contributed by atoms with Crippen molar-refractivity contribution in [3.05, 3.63) is 71.0 Å². The topological polar surface area (TPSA) is 32.3 Å². The molecule has 1 amide bonds.